The number of phenols is 8. The van der Waals surface area contributed by atoms with Crippen LogP contribution in [0.4, 0.5) is 0 Å². The van der Waals surface area contributed by atoms with Crippen LogP contribution in [0.25, 0.3) is 0 Å². The van der Waals surface area contributed by atoms with E-state index in [1.807, 2.05) is 0 Å². The van der Waals surface area contributed by atoms with Crippen molar-refractivity contribution in [2.45, 2.75) is 30.7 Å². The summed E-state index contributed by atoms with van der Waals surface area (Å²) in [7, 11) is 0. The average Bonchev–Trinajstić information content (AvgIpc) is 3.00. The Morgan fingerprint density at radius 3 is 1.72 bits per heavy atom. The Bertz CT molecular complexity index is 1680. The largest absolute Gasteiger partial charge is 0.504 e. The first-order valence-corrected chi connectivity index (χ1v) is 12.6. The average molecular weight is 652 g/mol. The Kier molecular flexibility index (Phi) is 9.05. The summed E-state index contributed by atoms with van der Waals surface area (Å²) in [5, 5.41) is 119. The third-order valence-corrected chi connectivity index (χ3v) is 6.55. The van der Waals surface area contributed by atoms with Crippen LogP contribution in [0.5, 0.6) is 57.5 Å². The normalized spacial score (nSPS) is 20.9. The highest BCUT2D eigenvalue weighted by atomic mass is 16.7. The Morgan fingerprint density at radius 2 is 1.17 bits per heavy atom. The highest BCUT2D eigenvalue weighted by molar-refractivity contribution is 5.94. The number of rotatable bonds is 8. The Morgan fingerprint density at radius 1 is 0.674 bits per heavy atom. The SMILES string of the molecule is O=C(OC1[C@H](O)OC(CO)[C@@H](O)[C@@H]1OC(=O)c1cc(O)c(O)c(O)c1)c1cc(O)c(O)c(Oc2c(C(=O)O)cc(O)c(O)c2O)c1. The number of aliphatic hydroxyl groups is 3. The number of aliphatic hydroxyl groups excluding tert-OH is 3. The standard InChI is InChI=1S/C27H24O19/c28-6-15-19(36)22(45-25(40)7-1-10(29)16(33)11(30)2-7)23(27(42)44-15)46-26(41)8-3-12(31)17(34)14(4-8)43-21-9(24(38)39)5-13(32)18(35)20(21)37/h1-5,15,19,22-23,27-37,42H,6H2,(H,38,39)/t15?,19-,22+,23?,27-/m1/s1. The van der Waals surface area contributed by atoms with Crippen molar-refractivity contribution >= 4 is 17.9 Å². The molecule has 1 heterocycles. The maximum absolute atomic E-state index is 13.1. The van der Waals surface area contributed by atoms with Crippen molar-refractivity contribution in [1.29, 1.82) is 0 Å². The van der Waals surface area contributed by atoms with Gasteiger partial charge in [0.2, 0.25) is 17.2 Å². The van der Waals surface area contributed by atoms with Gasteiger partial charge in [-0.3, -0.25) is 0 Å². The quantitative estimate of drug-likeness (QED) is 0.109. The topological polar surface area (TPSA) is 331 Å². The number of hydrogen-bond acceptors (Lipinski definition) is 18. The molecule has 46 heavy (non-hydrogen) atoms. The molecule has 0 spiro atoms. The first-order chi connectivity index (χ1) is 21.5. The van der Waals surface area contributed by atoms with Crippen molar-refractivity contribution < 1.29 is 94.6 Å². The molecule has 0 amide bonds. The summed E-state index contributed by atoms with van der Waals surface area (Å²) in [5.41, 5.74) is -2.23. The Balaban J connectivity index is 1.67. The lowest BCUT2D eigenvalue weighted by molar-refractivity contribution is -0.285. The van der Waals surface area contributed by atoms with Crippen LogP contribution in [0.2, 0.25) is 0 Å². The molecule has 0 radical (unpaired) electrons. The number of carbonyl (C=O) groups excluding carboxylic acids is 2. The molecule has 3 aromatic carbocycles. The second-order valence-electron chi connectivity index (χ2n) is 9.56. The number of phenolic OH excluding ortho intramolecular Hbond substituents is 8. The van der Waals surface area contributed by atoms with Crippen molar-refractivity contribution in [1.82, 2.24) is 0 Å². The van der Waals surface area contributed by atoms with Crippen LogP contribution in [0.15, 0.2) is 30.3 Å². The van der Waals surface area contributed by atoms with Crippen LogP contribution in [0.3, 0.4) is 0 Å². The third-order valence-electron chi connectivity index (χ3n) is 6.55. The van der Waals surface area contributed by atoms with E-state index in [0.717, 1.165) is 0 Å². The van der Waals surface area contributed by atoms with E-state index < -0.39 is 129 Å². The fourth-order valence-electron chi connectivity index (χ4n) is 4.21. The molecular weight excluding hydrogens is 628 g/mol. The number of carbonyl (C=O) groups is 3. The van der Waals surface area contributed by atoms with Gasteiger partial charge in [-0.05, 0) is 24.3 Å². The minimum atomic E-state index is -2.19. The Labute approximate surface area is 254 Å². The maximum atomic E-state index is 13.1. The molecule has 1 aliphatic heterocycles. The van der Waals surface area contributed by atoms with Crippen LogP contribution < -0.4 is 4.74 Å². The van der Waals surface area contributed by atoms with E-state index in [1.165, 1.54) is 0 Å². The van der Waals surface area contributed by atoms with Gasteiger partial charge >= 0.3 is 17.9 Å². The fraction of sp³-hybridized carbons (Fsp3) is 0.222. The van der Waals surface area contributed by atoms with Gasteiger partial charge in [0, 0.05) is 6.07 Å². The summed E-state index contributed by atoms with van der Waals surface area (Å²) in [4.78, 5) is 37.5. The molecule has 2 unspecified atom stereocenters. The summed E-state index contributed by atoms with van der Waals surface area (Å²) in [6.45, 7) is -0.932. The minimum absolute atomic E-state index is 0.486. The molecule has 1 aliphatic rings. The predicted octanol–water partition coefficient (Wildman–Crippen LogP) is -0.357. The zero-order valence-corrected chi connectivity index (χ0v) is 22.7. The summed E-state index contributed by atoms with van der Waals surface area (Å²) < 4.78 is 20.5. The van der Waals surface area contributed by atoms with Gasteiger partial charge in [-0.15, -0.1) is 0 Å². The summed E-state index contributed by atoms with van der Waals surface area (Å²) in [6, 6.07) is 3.07. The van der Waals surface area contributed by atoms with Gasteiger partial charge in [0.15, 0.2) is 58.7 Å². The molecule has 4 rings (SSSR count). The van der Waals surface area contributed by atoms with Gasteiger partial charge in [0.1, 0.15) is 17.8 Å². The number of aromatic carboxylic acids is 1. The zero-order valence-electron chi connectivity index (χ0n) is 22.7. The van der Waals surface area contributed by atoms with Crippen LogP contribution in [-0.2, 0) is 14.2 Å². The molecule has 3 aromatic rings. The van der Waals surface area contributed by atoms with Crippen LogP contribution >= 0.6 is 0 Å². The minimum Gasteiger partial charge on any atom is -0.504 e. The number of aromatic hydroxyl groups is 8. The molecule has 19 nitrogen and oxygen atoms in total. The number of ether oxygens (including phenoxy) is 4. The van der Waals surface area contributed by atoms with Crippen molar-refractivity contribution in [3.63, 3.8) is 0 Å². The lowest BCUT2D eigenvalue weighted by atomic mass is 9.98. The van der Waals surface area contributed by atoms with Gasteiger partial charge in [-0.2, -0.15) is 0 Å². The highest BCUT2D eigenvalue weighted by Gasteiger charge is 2.49. The molecule has 19 heteroatoms. The molecule has 246 valence electrons. The van der Waals surface area contributed by atoms with Gasteiger partial charge in [-0.1, -0.05) is 0 Å². The van der Waals surface area contributed by atoms with Crippen molar-refractivity contribution in [3.8, 4) is 57.5 Å². The van der Waals surface area contributed by atoms with E-state index in [2.05, 4.69) is 0 Å². The van der Waals surface area contributed by atoms with Gasteiger partial charge in [0.25, 0.3) is 0 Å². The van der Waals surface area contributed by atoms with E-state index in [0.29, 0.717) is 30.3 Å². The van der Waals surface area contributed by atoms with Crippen molar-refractivity contribution in [2.75, 3.05) is 6.61 Å². The van der Waals surface area contributed by atoms with Crippen LogP contribution in [0.1, 0.15) is 31.1 Å². The predicted molar refractivity (Wildman–Crippen MR) is 142 cm³/mol. The smallest absolute Gasteiger partial charge is 0.339 e. The number of esters is 2. The second-order valence-corrected chi connectivity index (χ2v) is 9.56. The molecule has 0 aromatic heterocycles. The van der Waals surface area contributed by atoms with Crippen molar-refractivity contribution in [2.24, 2.45) is 0 Å². The number of carboxylic acid groups (broad SMARTS) is 1. The van der Waals surface area contributed by atoms with E-state index in [-0.39, 0.29) is 0 Å². The van der Waals surface area contributed by atoms with E-state index in [4.69, 9.17) is 18.9 Å². The van der Waals surface area contributed by atoms with Gasteiger partial charge < -0.3 is 80.2 Å². The fourth-order valence-corrected chi connectivity index (χ4v) is 4.21. The maximum Gasteiger partial charge on any atom is 0.339 e. The zero-order chi connectivity index (χ0) is 34.2. The van der Waals surface area contributed by atoms with Crippen LogP contribution in [0, 0.1) is 0 Å². The van der Waals surface area contributed by atoms with Gasteiger partial charge in [-0.25, -0.2) is 14.4 Å². The first kappa shape index (κ1) is 33.0. The molecule has 0 saturated carbocycles. The van der Waals surface area contributed by atoms with Gasteiger partial charge in [0.05, 0.1) is 17.7 Å². The Hall–Kier alpha value is -5.89. The summed E-state index contributed by atoms with van der Waals surface area (Å²) in [5.74, 6) is -15.3. The number of hydrogen-bond donors (Lipinski definition) is 12. The summed E-state index contributed by atoms with van der Waals surface area (Å²) in [6.07, 6.45) is -9.89. The third kappa shape index (κ3) is 6.19. The molecule has 0 aliphatic carbocycles. The molecule has 12 N–H and O–H groups in total. The molecule has 5 atom stereocenters. The van der Waals surface area contributed by atoms with E-state index >= 15 is 0 Å². The number of benzene rings is 3. The van der Waals surface area contributed by atoms with Crippen LogP contribution in [-0.4, -0.2) is 116 Å². The molecule has 1 saturated heterocycles. The summed E-state index contributed by atoms with van der Waals surface area (Å²) >= 11 is 0. The van der Waals surface area contributed by atoms with E-state index in [9.17, 15) is 75.7 Å². The molecule has 0 bridgehead atoms. The second kappa shape index (κ2) is 12.6. The number of carboxylic acids is 1. The van der Waals surface area contributed by atoms with E-state index in [1.54, 1.807) is 0 Å². The lowest BCUT2D eigenvalue weighted by Crippen LogP contribution is -2.61. The monoisotopic (exact) mass is 652 g/mol. The lowest BCUT2D eigenvalue weighted by Gasteiger charge is -2.41. The first-order valence-electron chi connectivity index (χ1n) is 12.6. The highest BCUT2D eigenvalue weighted by Crippen LogP contribution is 2.49. The molecular formula is C27H24O19. The molecule has 1 fully saturated rings. The van der Waals surface area contributed by atoms with Crippen molar-refractivity contribution in [3.05, 3.63) is 47.0 Å².